The van der Waals surface area contributed by atoms with Gasteiger partial charge in [0.25, 0.3) is 5.91 Å². The fraction of sp³-hybridized carbons (Fsp3) is 0.364. The molecule has 11 nitrogen and oxygen atoms in total. The summed E-state index contributed by atoms with van der Waals surface area (Å²) >= 11 is 0. The van der Waals surface area contributed by atoms with Gasteiger partial charge in [-0.3, -0.25) is 14.2 Å². The van der Waals surface area contributed by atoms with E-state index >= 15 is 0 Å². The number of aliphatic hydroxyl groups excluding tert-OH is 1. The average molecular weight is 453 g/mol. The number of hydrogen-bond donors (Lipinski definition) is 3. The summed E-state index contributed by atoms with van der Waals surface area (Å²) in [5.74, 6) is -3.03. The maximum absolute atomic E-state index is 12.5. The van der Waals surface area contributed by atoms with Gasteiger partial charge in [-0.05, 0) is 25.5 Å². The number of benzene rings is 1. The number of carboxylic acids is 1. The zero-order valence-corrected chi connectivity index (χ0v) is 17.8. The van der Waals surface area contributed by atoms with Gasteiger partial charge in [-0.25, -0.2) is 15.0 Å². The van der Waals surface area contributed by atoms with Crippen LogP contribution in [0.4, 0.5) is 5.82 Å². The lowest BCUT2D eigenvalue weighted by atomic mass is 9.83. The van der Waals surface area contributed by atoms with Crippen molar-refractivity contribution in [1.29, 1.82) is 0 Å². The Morgan fingerprint density at radius 1 is 1.21 bits per heavy atom. The summed E-state index contributed by atoms with van der Waals surface area (Å²) in [5.41, 5.74) is 1.18. The third-order valence-corrected chi connectivity index (χ3v) is 5.74. The topological polar surface area (TPSA) is 157 Å². The molecule has 3 N–H and O–H groups in total. The third-order valence-electron chi connectivity index (χ3n) is 5.74. The van der Waals surface area contributed by atoms with E-state index in [0.717, 1.165) is 0 Å². The van der Waals surface area contributed by atoms with Crippen LogP contribution >= 0.6 is 0 Å². The Labute approximate surface area is 188 Å². The smallest absolute Gasteiger partial charge is 0.307 e. The van der Waals surface area contributed by atoms with E-state index in [9.17, 15) is 24.6 Å². The molecule has 11 heteroatoms. The molecular weight excluding hydrogens is 430 g/mol. The van der Waals surface area contributed by atoms with Gasteiger partial charge in [-0.15, -0.1) is 0 Å². The summed E-state index contributed by atoms with van der Waals surface area (Å²) in [6.45, 7) is 0.950. The van der Waals surface area contributed by atoms with E-state index in [1.807, 2.05) is 0 Å². The number of aromatic nitrogens is 4. The van der Waals surface area contributed by atoms with Crippen LogP contribution in [0.5, 0.6) is 0 Å². The van der Waals surface area contributed by atoms with Crippen molar-refractivity contribution in [1.82, 2.24) is 19.5 Å². The molecule has 3 aromatic rings. The Morgan fingerprint density at radius 2 is 1.97 bits per heavy atom. The molecule has 4 atom stereocenters. The SMILES string of the molecule is CC(=O)CC(C(=O)O)[C@@H]1C[C@H](n2cnc3c(NC(=O)c4ccccc4)ncnc32)O[C@H]1CO. The highest BCUT2D eigenvalue weighted by Gasteiger charge is 2.44. The molecule has 4 rings (SSSR count). The molecule has 0 spiro atoms. The number of carbonyl (C=O) groups is 3. The van der Waals surface area contributed by atoms with E-state index in [0.29, 0.717) is 16.7 Å². The maximum Gasteiger partial charge on any atom is 0.307 e. The normalized spacial score (nSPS) is 21.1. The summed E-state index contributed by atoms with van der Waals surface area (Å²) in [7, 11) is 0. The second-order valence-corrected chi connectivity index (χ2v) is 7.93. The summed E-state index contributed by atoms with van der Waals surface area (Å²) in [6.07, 6.45) is 1.45. The molecule has 0 aliphatic carbocycles. The highest BCUT2D eigenvalue weighted by Crippen LogP contribution is 2.40. The highest BCUT2D eigenvalue weighted by molar-refractivity contribution is 6.06. The molecule has 1 saturated heterocycles. The zero-order chi connectivity index (χ0) is 23.5. The van der Waals surface area contributed by atoms with Gasteiger partial charge >= 0.3 is 5.97 Å². The lowest BCUT2D eigenvalue weighted by Gasteiger charge is -2.21. The lowest BCUT2D eigenvalue weighted by Crippen LogP contribution is -2.33. The number of aliphatic carboxylic acids is 1. The predicted molar refractivity (Wildman–Crippen MR) is 115 cm³/mol. The zero-order valence-electron chi connectivity index (χ0n) is 17.8. The molecule has 1 aromatic carbocycles. The molecule has 1 aliphatic rings. The van der Waals surface area contributed by atoms with Crippen molar-refractivity contribution < 1.29 is 29.3 Å². The summed E-state index contributed by atoms with van der Waals surface area (Å²) in [6, 6.07) is 8.66. The largest absolute Gasteiger partial charge is 0.481 e. The van der Waals surface area contributed by atoms with Crippen LogP contribution in [0, 0.1) is 11.8 Å². The maximum atomic E-state index is 12.5. The molecule has 1 amide bonds. The number of hydrogen-bond acceptors (Lipinski definition) is 8. The monoisotopic (exact) mass is 453 g/mol. The van der Waals surface area contributed by atoms with E-state index in [-0.39, 0.29) is 37.0 Å². The van der Waals surface area contributed by atoms with E-state index in [2.05, 4.69) is 20.3 Å². The number of anilines is 1. The van der Waals surface area contributed by atoms with E-state index < -0.39 is 30.1 Å². The van der Waals surface area contributed by atoms with Gasteiger partial charge in [0.15, 0.2) is 17.0 Å². The Kier molecular flexibility index (Phi) is 6.43. The van der Waals surface area contributed by atoms with Crippen LogP contribution in [-0.2, 0) is 14.3 Å². The van der Waals surface area contributed by atoms with Crippen molar-refractivity contribution in [3.63, 3.8) is 0 Å². The molecule has 3 heterocycles. The van der Waals surface area contributed by atoms with Crippen molar-refractivity contribution in [3.05, 3.63) is 48.5 Å². The van der Waals surface area contributed by atoms with Gasteiger partial charge in [-0.1, -0.05) is 18.2 Å². The first-order valence-corrected chi connectivity index (χ1v) is 10.4. The van der Waals surface area contributed by atoms with Crippen molar-refractivity contribution in [2.45, 2.75) is 32.1 Å². The minimum Gasteiger partial charge on any atom is -0.481 e. The van der Waals surface area contributed by atoms with Crippen molar-refractivity contribution in [3.8, 4) is 0 Å². The number of nitrogens with zero attached hydrogens (tertiary/aromatic N) is 4. The van der Waals surface area contributed by atoms with Crippen molar-refractivity contribution in [2.75, 3.05) is 11.9 Å². The van der Waals surface area contributed by atoms with Crippen LogP contribution in [0.15, 0.2) is 43.0 Å². The Bertz CT molecular complexity index is 1180. The first-order chi connectivity index (χ1) is 15.9. The minimum absolute atomic E-state index is 0.144. The Balaban J connectivity index is 1.60. The van der Waals surface area contributed by atoms with Gasteiger partial charge in [-0.2, -0.15) is 0 Å². The highest BCUT2D eigenvalue weighted by atomic mass is 16.5. The number of Topliss-reactive ketones (excluding diaryl/α,β-unsaturated/α-hetero) is 1. The molecule has 33 heavy (non-hydrogen) atoms. The number of ketones is 1. The molecule has 2 aromatic heterocycles. The van der Waals surface area contributed by atoms with Crippen LogP contribution < -0.4 is 5.32 Å². The fourth-order valence-electron chi connectivity index (χ4n) is 4.18. The second kappa shape index (κ2) is 9.43. The number of nitrogens with one attached hydrogen (secondary N) is 1. The summed E-state index contributed by atoms with van der Waals surface area (Å²) in [5, 5.41) is 22.1. The number of rotatable bonds is 8. The molecule has 1 fully saturated rings. The minimum atomic E-state index is -1.11. The van der Waals surface area contributed by atoms with Crippen LogP contribution in [0.1, 0.15) is 36.4 Å². The van der Waals surface area contributed by atoms with Crippen LogP contribution in [0.2, 0.25) is 0 Å². The number of aliphatic hydroxyl groups is 1. The quantitative estimate of drug-likeness (QED) is 0.461. The summed E-state index contributed by atoms with van der Waals surface area (Å²) < 4.78 is 7.54. The first-order valence-electron chi connectivity index (χ1n) is 10.4. The molecule has 0 bridgehead atoms. The van der Waals surface area contributed by atoms with Gasteiger partial charge in [0.05, 0.1) is 25.0 Å². The Hall–Kier alpha value is -3.70. The van der Waals surface area contributed by atoms with E-state index in [1.165, 1.54) is 19.6 Å². The molecule has 0 radical (unpaired) electrons. The number of carbonyl (C=O) groups excluding carboxylic acids is 2. The van der Waals surface area contributed by atoms with Gasteiger partial charge < -0.3 is 25.1 Å². The number of carboxylic acid groups (broad SMARTS) is 1. The molecule has 0 saturated carbocycles. The number of fused-ring (bicyclic) bond motifs is 1. The number of ether oxygens (including phenoxy) is 1. The van der Waals surface area contributed by atoms with E-state index in [4.69, 9.17) is 4.74 Å². The van der Waals surface area contributed by atoms with Gasteiger partial charge in [0.2, 0.25) is 0 Å². The first kappa shape index (κ1) is 22.5. The molecular formula is C22H23N5O6. The van der Waals surface area contributed by atoms with Gasteiger partial charge in [0.1, 0.15) is 18.3 Å². The van der Waals surface area contributed by atoms with Crippen LogP contribution in [-0.4, -0.2) is 60.1 Å². The molecule has 1 unspecified atom stereocenters. The van der Waals surface area contributed by atoms with Crippen molar-refractivity contribution in [2.24, 2.45) is 11.8 Å². The fourth-order valence-corrected chi connectivity index (χ4v) is 4.18. The Morgan fingerprint density at radius 3 is 2.64 bits per heavy atom. The lowest BCUT2D eigenvalue weighted by molar-refractivity contribution is -0.147. The van der Waals surface area contributed by atoms with Gasteiger partial charge in [0, 0.05) is 17.9 Å². The molecule has 172 valence electrons. The van der Waals surface area contributed by atoms with E-state index in [1.54, 1.807) is 34.9 Å². The van der Waals surface area contributed by atoms with Crippen LogP contribution in [0.25, 0.3) is 11.2 Å². The predicted octanol–water partition coefficient (Wildman–Crippen LogP) is 1.65. The number of amides is 1. The number of imidazole rings is 1. The van der Waals surface area contributed by atoms with Crippen molar-refractivity contribution >= 4 is 34.6 Å². The molecule has 1 aliphatic heterocycles. The van der Waals surface area contributed by atoms with Crippen LogP contribution in [0.3, 0.4) is 0 Å². The standard InChI is InChI=1S/C22H23N5O6/c1-12(29)7-15(22(31)32)14-8-17(33-16(14)9-28)27-11-25-18-19(23-10-24-20(18)27)26-21(30)13-5-3-2-4-6-13/h2-6,10-11,14-17,28H,7-9H2,1H3,(H,31,32)(H,23,24,26,30)/t14-,15?,16-,17+/m0/s1. The average Bonchev–Trinajstić information content (AvgIpc) is 3.42. The second-order valence-electron chi connectivity index (χ2n) is 7.93. The third kappa shape index (κ3) is 4.59. The summed E-state index contributed by atoms with van der Waals surface area (Å²) in [4.78, 5) is 48.6.